The van der Waals surface area contributed by atoms with Gasteiger partial charge < -0.3 is 4.90 Å². The number of halogens is 1. The Kier molecular flexibility index (Phi) is 5.63. The Morgan fingerprint density at radius 2 is 1.15 bits per heavy atom. The predicted molar refractivity (Wildman–Crippen MR) is 177 cm³/mol. The van der Waals surface area contributed by atoms with E-state index in [0.717, 1.165) is 27.5 Å². The van der Waals surface area contributed by atoms with E-state index in [2.05, 4.69) is 126 Å². The van der Waals surface area contributed by atoms with Crippen molar-refractivity contribution < 1.29 is 0 Å². The molecular weight excluding hydrogens is 546 g/mol. The van der Waals surface area contributed by atoms with Gasteiger partial charge in [-0.25, -0.2) is 0 Å². The zero-order valence-corrected chi connectivity index (χ0v) is 23.7. The first kappa shape index (κ1) is 23.7. The summed E-state index contributed by atoms with van der Waals surface area (Å²) in [4.78, 5) is 2.39. The molecule has 0 unspecified atom stereocenters. The van der Waals surface area contributed by atoms with Crippen LogP contribution in [0.5, 0.6) is 0 Å². The summed E-state index contributed by atoms with van der Waals surface area (Å²) in [6, 6.07) is 47.7. The number of hydrogen-bond acceptors (Lipinski definition) is 3. The number of hydrogen-bond donors (Lipinski definition) is 0. The van der Waals surface area contributed by atoms with E-state index in [-0.39, 0.29) is 0 Å². The van der Waals surface area contributed by atoms with Crippen molar-refractivity contribution in [1.29, 1.82) is 0 Å². The summed E-state index contributed by atoms with van der Waals surface area (Å²) in [5.41, 5.74) is 5.84. The number of anilines is 3. The third-order valence-electron chi connectivity index (χ3n) is 7.55. The molecule has 0 fully saturated rings. The lowest BCUT2D eigenvalue weighted by molar-refractivity contribution is 1.31. The molecule has 0 saturated carbocycles. The summed E-state index contributed by atoms with van der Waals surface area (Å²) in [7, 11) is 0. The van der Waals surface area contributed by atoms with Crippen LogP contribution >= 0.6 is 34.3 Å². The molecule has 0 atom stereocenters. The number of nitrogens with zero attached hydrogens (tertiary/aromatic N) is 1. The van der Waals surface area contributed by atoms with E-state index in [4.69, 9.17) is 11.6 Å². The van der Waals surface area contributed by atoms with Gasteiger partial charge in [-0.15, -0.1) is 22.7 Å². The maximum absolute atomic E-state index is 6.72. The normalized spacial score (nSPS) is 11.6. The van der Waals surface area contributed by atoms with Crippen LogP contribution in [0.15, 0.2) is 133 Å². The minimum atomic E-state index is 0.798. The molecular formula is C36H22ClNS2. The zero-order chi connectivity index (χ0) is 26.6. The highest BCUT2D eigenvalue weighted by Crippen LogP contribution is 2.47. The van der Waals surface area contributed by atoms with Gasteiger partial charge in [0.05, 0.1) is 10.4 Å². The van der Waals surface area contributed by atoms with Crippen molar-refractivity contribution in [3.05, 3.63) is 138 Å². The summed E-state index contributed by atoms with van der Waals surface area (Å²) in [6.07, 6.45) is 0. The monoisotopic (exact) mass is 567 g/mol. The molecule has 0 aliphatic carbocycles. The summed E-state index contributed by atoms with van der Waals surface area (Å²) >= 11 is 10.4. The Morgan fingerprint density at radius 1 is 0.475 bits per heavy atom. The maximum atomic E-state index is 6.72. The molecule has 8 rings (SSSR count). The molecule has 190 valence electrons. The Morgan fingerprint density at radius 3 is 2.02 bits per heavy atom. The molecule has 2 heterocycles. The molecule has 40 heavy (non-hydrogen) atoms. The molecule has 0 N–H and O–H groups in total. The first-order valence-corrected chi connectivity index (χ1v) is 15.2. The average Bonchev–Trinajstić information content (AvgIpc) is 3.57. The van der Waals surface area contributed by atoms with Crippen molar-refractivity contribution in [1.82, 2.24) is 0 Å². The molecule has 0 bridgehead atoms. The molecule has 6 aromatic carbocycles. The number of rotatable bonds is 4. The molecule has 0 spiro atoms. The van der Waals surface area contributed by atoms with E-state index in [1.807, 2.05) is 23.5 Å². The lowest BCUT2D eigenvalue weighted by Gasteiger charge is -2.26. The summed E-state index contributed by atoms with van der Waals surface area (Å²) in [5, 5.41) is 5.73. The van der Waals surface area contributed by atoms with Gasteiger partial charge >= 0.3 is 0 Å². The first-order valence-electron chi connectivity index (χ1n) is 13.2. The minimum Gasteiger partial charge on any atom is -0.309 e. The van der Waals surface area contributed by atoms with Gasteiger partial charge in [0, 0.05) is 52.0 Å². The van der Waals surface area contributed by atoms with Gasteiger partial charge in [-0.05, 0) is 59.7 Å². The predicted octanol–water partition coefficient (Wildman–Crippen LogP) is 12.2. The smallest absolute Gasteiger partial charge is 0.0640 e. The fraction of sp³-hybridized carbons (Fsp3) is 0. The summed E-state index contributed by atoms with van der Waals surface area (Å²) < 4.78 is 5.04. The molecule has 0 amide bonds. The fourth-order valence-electron chi connectivity index (χ4n) is 5.68. The Hall–Kier alpha value is -4.15. The van der Waals surface area contributed by atoms with E-state index in [9.17, 15) is 0 Å². The van der Waals surface area contributed by atoms with E-state index >= 15 is 0 Å². The van der Waals surface area contributed by atoms with Crippen LogP contribution < -0.4 is 4.90 Å². The molecule has 0 aliphatic rings. The quantitative estimate of drug-likeness (QED) is 0.204. The zero-order valence-electron chi connectivity index (χ0n) is 21.3. The highest BCUT2D eigenvalue weighted by atomic mass is 35.5. The van der Waals surface area contributed by atoms with Crippen molar-refractivity contribution in [2.45, 2.75) is 0 Å². The van der Waals surface area contributed by atoms with Crippen molar-refractivity contribution in [2.75, 3.05) is 4.90 Å². The molecule has 8 aromatic rings. The molecule has 4 heteroatoms. The molecule has 0 aliphatic heterocycles. The first-order chi connectivity index (χ1) is 19.7. The highest BCUT2D eigenvalue weighted by Gasteiger charge is 2.20. The van der Waals surface area contributed by atoms with Crippen LogP contribution in [0.25, 0.3) is 51.5 Å². The van der Waals surface area contributed by atoms with Gasteiger partial charge in [0.15, 0.2) is 0 Å². The number of fused-ring (bicyclic) bond motifs is 6. The van der Waals surface area contributed by atoms with Crippen LogP contribution in [0, 0.1) is 0 Å². The van der Waals surface area contributed by atoms with E-state index in [1.54, 1.807) is 11.3 Å². The van der Waals surface area contributed by atoms with Gasteiger partial charge in [0.1, 0.15) is 0 Å². The van der Waals surface area contributed by atoms with Gasteiger partial charge in [-0.2, -0.15) is 0 Å². The molecule has 1 nitrogen and oxygen atoms in total. The largest absolute Gasteiger partial charge is 0.309 e. The lowest BCUT2D eigenvalue weighted by atomic mass is 10.0. The van der Waals surface area contributed by atoms with Crippen molar-refractivity contribution in [2.24, 2.45) is 0 Å². The number of thiophene rings is 2. The summed E-state index contributed by atoms with van der Waals surface area (Å²) in [5.74, 6) is 0. The van der Waals surface area contributed by atoms with Gasteiger partial charge in [0.25, 0.3) is 0 Å². The van der Waals surface area contributed by atoms with Crippen molar-refractivity contribution in [3.8, 4) is 11.1 Å². The average molecular weight is 568 g/mol. The lowest BCUT2D eigenvalue weighted by Crippen LogP contribution is -2.09. The van der Waals surface area contributed by atoms with E-state index in [1.165, 1.54) is 46.1 Å². The van der Waals surface area contributed by atoms with Crippen LogP contribution in [0.3, 0.4) is 0 Å². The van der Waals surface area contributed by atoms with Crippen LogP contribution in [0.1, 0.15) is 0 Å². The topological polar surface area (TPSA) is 3.24 Å². The van der Waals surface area contributed by atoms with E-state index < -0.39 is 0 Å². The summed E-state index contributed by atoms with van der Waals surface area (Å²) in [6.45, 7) is 0. The van der Waals surface area contributed by atoms with Gasteiger partial charge in [-0.1, -0.05) is 96.5 Å². The second kappa shape index (κ2) is 9.50. The highest BCUT2D eigenvalue weighted by molar-refractivity contribution is 7.26. The SMILES string of the molecule is Clc1cccc2sc3c(N(c4ccc(-c5ccccc5)cc4)c4ccc5c(c4)sc4ccccc45)cccc3c12. The number of benzene rings is 6. The van der Waals surface area contributed by atoms with Crippen molar-refractivity contribution in [3.63, 3.8) is 0 Å². The Labute approximate surface area is 245 Å². The Bertz CT molecular complexity index is 2180. The standard InChI is InChI=1S/C36H22ClNS2/c37-30-12-7-15-33-35(30)29-11-6-13-31(36(29)40-33)38(25-18-16-24(17-19-25)23-8-2-1-3-9-23)26-20-21-28-27-10-4-5-14-32(27)39-34(28)22-26/h1-22H. The van der Waals surface area contributed by atoms with Crippen LogP contribution in [0.2, 0.25) is 5.02 Å². The maximum Gasteiger partial charge on any atom is 0.0640 e. The van der Waals surface area contributed by atoms with Crippen molar-refractivity contribution >= 4 is 91.7 Å². The van der Waals surface area contributed by atoms with Crippen LogP contribution in [-0.4, -0.2) is 0 Å². The minimum absolute atomic E-state index is 0.798. The van der Waals surface area contributed by atoms with Gasteiger partial charge in [0.2, 0.25) is 0 Å². The second-order valence-electron chi connectivity index (χ2n) is 9.90. The van der Waals surface area contributed by atoms with Gasteiger partial charge in [-0.3, -0.25) is 0 Å². The van der Waals surface area contributed by atoms with E-state index in [0.29, 0.717) is 0 Å². The molecule has 2 aromatic heterocycles. The molecule has 0 saturated heterocycles. The second-order valence-corrected chi connectivity index (χ2v) is 12.4. The fourth-order valence-corrected chi connectivity index (χ4v) is 8.38. The Balaban J connectivity index is 1.36. The third-order valence-corrected chi connectivity index (χ3v) is 10.2. The van der Waals surface area contributed by atoms with Crippen LogP contribution in [-0.2, 0) is 0 Å². The van der Waals surface area contributed by atoms with Crippen LogP contribution in [0.4, 0.5) is 17.1 Å². The third kappa shape index (κ3) is 3.82. The molecule has 0 radical (unpaired) electrons.